The second-order valence-electron chi connectivity index (χ2n) is 6.33. The third-order valence-electron chi connectivity index (χ3n) is 4.47. The molecular formula is C20H17NO6. The molecule has 27 heavy (non-hydrogen) atoms. The van der Waals surface area contributed by atoms with Crippen molar-refractivity contribution in [3.63, 3.8) is 0 Å². The highest BCUT2D eigenvalue weighted by atomic mass is 16.6. The average Bonchev–Trinajstić information content (AvgIpc) is 2.89. The summed E-state index contributed by atoms with van der Waals surface area (Å²) in [6, 6.07) is 9.85. The number of carbonyl (C=O) groups is 3. The maximum absolute atomic E-state index is 12.0. The van der Waals surface area contributed by atoms with Crippen molar-refractivity contribution in [1.82, 2.24) is 0 Å². The Kier molecular flexibility index (Phi) is 5.12. The van der Waals surface area contributed by atoms with Crippen LogP contribution in [-0.4, -0.2) is 34.9 Å². The Hall–Kier alpha value is -3.35. The Morgan fingerprint density at radius 1 is 1.07 bits per heavy atom. The number of aryl methyl sites for hydroxylation is 1. The van der Waals surface area contributed by atoms with Crippen molar-refractivity contribution in [3.05, 3.63) is 74.8 Å². The number of carbonyl (C=O) groups excluding carboxylic acids is 3. The van der Waals surface area contributed by atoms with Crippen LogP contribution in [0.1, 0.15) is 50.0 Å². The van der Waals surface area contributed by atoms with Crippen molar-refractivity contribution in [2.45, 2.75) is 25.8 Å². The highest BCUT2D eigenvalue weighted by Gasteiger charge is 2.47. The fourth-order valence-electron chi connectivity index (χ4n) is 3.01. The topological polar surface area (TPSA) is 104 Å². The van der Waals surface area contributed by atoms with Crippen LogP contribution in [0.3, 0.4) is 0 Å². The van der Waals surface area contributed by atoms with Gasteiger partial charge in [-0.05, 0) is 43.5 Å². The van der Waals surface area contributed by atoms with Gasteiger partial charge in [0.1, 0.15) is 5.75 Å². The van der Waals surface area contributed by atoms with Gasteiger partial charge < -0.3 is 4.74 Å². The molecule has 2 aromatic rings. The first-order valence-electron chi connectivity index (χ1n) is 8.47. The Labute approximate surface area is 155 Å². The molecule has 0 spiro atoms. The van der Waals surface area contributed by atoms with Crippen molar-refractivity contribution in [1.29, 1.82) is 0 Å². The minimum Gasteiger partial charge on any atom is -0.494 e. The number of ether oxygens (including phenoxy) is 1. The smallest absolute Gasteiger partial charge is 0.336 e. The molecule has 1 atom stereocenters. The van der Waals surface area contributed by atoms with Crippen molar-refractivity contribution in [2.75, 3.05) is 6.61 Å². The maximum Gasteiger partial charge on any atom is 0.336 e. The zero-order valence-corrected chi connectivity index (χ0v) is 14.6. The number of hydrogen-bond donors (Lipinski definition) is 0. The van der Waals surface area contributed by atoms with E-state index in [4.69, 9.17) is 4.74 Å². The molecule has 1 aliphatic carbocycles. The van der Waals surface area contributed by atoms with E-state index in [0.29, 0.717) is 24.3 Å². The molecule has 7 nitrogen and oxygen atoms in total. The summed E-state index contributed by atoms with van der Waals surface area (Å²) < 4.78 is 5.61. The molecule has 0 N–H and O–H groups in total. The lowest BCUT2D eigenvalue weighted by Crippen LogP contribution is -2.31. The first kappa shape index (κ1) is 18.4. The average molecular weight is 367 g/mol. The Balaban J connectivity index is 1.57. The molecule has 0 amide bonds. The number of fused-ring (bicyclic) bond motifs is 1. The van der Waals surface area contributed by atoms with Crippen LogP contribution < -0.4 is 4.74 Å². The third-order valence-corrected chi connectivity index (χ3v) is 4.47. The van der Waals surface area contributed by atoms with E-state index in [2.05, 4.69) is 0 Å². The fourth-order valence-corrected chi connectivity index (χ4v) is 3.01. The van der Waals surface area contributed by atoms with Crippen molar-refractivity contribution in [3.8, 4) is 5.75 Å². The lowest BCUT2D eigenvalue weighted by molar-refractivity contribution is -0.488. The van der Waals surface area contributed by atoms with Gasteiger partial charge in [0.05, 0.1) is 6.61 Å². The summed E-state index contributed by atoms with van der Waals surface area (Å²) in [6.45, 7) is 1.90. The van der Waals surface area contributed by atoms with Gasteiger partial charge in [-0.2, -0.15) is 0 Å². The highest BCUT2D eigenvalue weighted by molar-refractivity contribution is 6.28. The van der Waals surface area contributed by atoms with Crippen LogP contribution >= 0.6 is 0 Å². The third kappa shape index (κ3) is 3.76. The molecule has 0 fully saturated rings. The SMILES string of the molecule is CC(=O)c1ccc(CCCOc2ccc3c(c2)C(=O)C([N+](=O)[O-])C3=O)cc1. The van der Waals surface area contributed by atoms with Gasteiger partial charge in [0, 0.05) is 21.6 Å². The van der Waals surface area contributed by atoms with Gasteiger partial charge in [-0.15, -0.1) is 0 Å². The second-order valence-corrected chi connectivity index (χ2v) is 6.33. The summed E-state index contributed by atoms with van der Waals surface area (Å²) >= 11 is 0. The predicted octanol–water partition coefficient (Wildman–Crippen LogP) is 2.93. The van der Waals surface area contributed by atoms with Crippen LogP contribution in [0, 0.1) is 10.1 Å². The standard InChI is InChI=1S/C20H17NO6/c1-12(22)14-6-4-13(5-7-14)3-2-10-27-15-8-9-16-17(11-15)20(24)18(19(16)23)21(25)26/h4-9,11,18H,2-3,10H2,1H3. The van der Waals surface area contributed by atoms with E-state index < -0.39 is 22.5 Å². The summed E-state index contributed by atoms with van der Waals surface area (Å²) in [5.41, 5.74) is 1.85. The zero-order chi connectivity index (χ0) is 19.6. The van der Waals surface area contributed by atoms with Crippen LogP contribution in [0.15, 0.2) is 42.5 Å². The van der Waals surface area contributed by atoms with E-state index in [-0.39, 0.29) is 16.9 Å². The van der Waals surface area contributed by atoms with E-state index in [9.17, 15) is 24.5 Å². The largest absolute Gasteiger partial charge is 0.494 e. The molecule has 0 saturated carbocycles. The first-order valence-corrected chi connectivity index (χ1v) is 8.47. The van der Waals surface area contributed by atoms with E-state index in [0.717, 1.165) is 12.0 Å². The Morgan fingerprint density at radius 3 is 2.37 bits per heavy atom. The minimum absolute atomic E-state index is 0.0221. The van der Waals surface area contributed by atoms with E-state index in [1.54, 1.807) is 12.1 Å². The molecule has 1 aliphatic rings. The van der Waals surface area contributed by atoms with Crippen LogP contribution in [0.5, 0.6) is 5.75 Å². The van der Waals surface area contributed by atoms with Gasteiger partial charge in [0.2, 0.25) is 11.6 Å². The lowest BCUT2D eigenvalue weighted by atomic mass is 10.1. The van der Waals surface area contributed by atoms with Gasteiger partial charge in [0.25, 0.3) is 0 Å². The van der Waals surface area contributed by atoms with Gasteiger partial charge in [-0.25, -0.2) is 0 Å². The monoisotopic (exact) mass is 367 g/mol. The summed E-state index contributed by atoms with van der Waals surface area (Å²) in [5, 5.41) is 10.9. The molecule has 1 unspecified atom stereocenters. The molecule has 0 aliphatic heterocycles. The lowest BCUT2D eigenvalue weighted by Gasteiger charge is -2.07. The van der Waals surface area contributed by atoms with Crippen molar-refractivity contribution in [2.24, 2.45) is 0 Å². The van der Waals surface area contributed by atoms with Gasteiger partial charge in [-0.3, -0.25) is 24.5 Å². The number of hydrogen-bond acceptors (Lipinski definition) is 6. The molecule has 0 heterocycles. The number of ketones is 3. The minimum atomic E-state index is -1.84. The highest BCUT2D eigenvalue weighted by Crippen LogP contribution is 2.28. The molecule has 0 aromatic heterocycles. The molecule has 0 radical (unpaired) electrons. The first-order chi connectivity index (χ1) is 12.9. The van der Waals surface area contributed by atoms with E-state index >= 15 is 0 Å². The molecule has 0 bridgehead atoms. The normalized spacial score (nSPS) is 15.5. The Bertz CT molecular complexity index is 932. The van der Waals surface area contributed by atoms with Crippen LogP contribution in [0.25, 0.3) is 0 Å². The molecule has 138 valence electrons. The molecule has 3 rings (SSSR count). The van der Waals surface area contributed by atoms with Crippen LogP contribution in [0.4, 0.5) is 0 Å². The zero-order valence-electron chi connectivity index (χ0n) is 14.6. The van der Waals surface area contributed by atoms with Crippen molar-refractivity contribution < 1.29 is 24.0 Å². The van der Waals surface area contributed by atoms with Gasteiger partial charge in [-0.1, -0.05) is 24.3 Å². The van der Waals surface area contributed by atoms with E-state index in [1.165, 1.54) is 25.1 Å². The van der Waals surface area contributed by atoms with Crippen molar-refractivity contribution >= 4 is 17.3 Å². The number of benzene rings is 2. The number of rotatable bonds is 7. The number of Topliss-reactive ketones (excluding diaryl/α,β-unsaturated/α-hetero) is 3. The number of nitrogens with zero attached hydrogens (tertiary/aromatic N) is 1. The molecule has 0 saturated heterocycles. The molecule has 2 aromatic carbocycles. The number of nitro groups is 1. The Morgan fingerprint density at radius 2 is 1.74 bits per heavy atom. The summed E-state index contributed by atoms with van der Waals surface area (Å²) in [4.78, 5) is 45.3. The van der Waals surface area contributed by atoms with Crippen LogP contribution in [0.2, 0.25) is 0 Å². The van der Waals surface area contributed by atoms with Gasteiger partial charge >= 0.3 is 6.04 Å². The summed E-state index contributed by atoms with van der Waals surface area (Å²) in [5.74, 6) is -1.16. The molecular weight excluding hydrogens is 350 g/mol. The van der Waals surface area contributed by atoms with Crippen LogP contribution in [-0.2, 0) is 6.42 Å². The fraction of sp³-hybridized carbons (Fsp3) is 0.250. The molecule has 7 heteroatoms. The summed E-state index contributed by atoms with van der Waals surface area (Å²) in [7, 11) is 0. The summed E-state index contributed by atoms with van der Waals surface area (Å²) in [6.07, 6.45) is 1.46. The quantitative estimate of drug-likeness (QED) is 0.245. The van der Waals surface area contributed by atoms with Gasteiger partial charge in [0.15, 0.2) is 5.78 Å². The second kappa shape index (κ2) is 7.49. The predicted molar refractivity (Wildman–Crippen MR) is 96.1 cm³/mol. The van der Waals surface area contributed by atoms with E-state index in [1.807, 2.05) is 12.1 Å². The maximum atomic E-state index is 12.0.